The molecule has 0 unspecified atom stereocenters. The summed E-state index contributed by atoms with van der Waals surface area (Å²) < 4.78 is 1.65. The quantitative estimate of drug-likeness (QED) is 0.690. The first-order valence-electron chi connectivity index (χ1n) is 5.42. The van der Waals surface area contributed by atoms with Gasteiger partial charge in [-0.25, -0.2) is 4.98 Å². The van der Waals surface area contributed by atoms with Crippen LogP contribution in [-0.2, 0) is 0 Å². The molecule has 0 aliphatic carbocycles. The van der Waals surface area contributed by atoms with E-state index in [4.69, 9.17) is 5.73 Å². The van der Waals surface area contributed by atoms with Gasteiger partial charge in [-0.3, -0.25) is 0 Å². The molecule has 0 saturated carbocycles. The molecule has 3 aromatic rings. The van der Waals surface area contributed by atoms with E-state index < -0.39 is 0 Å². The molecule has 0 amide bonds. The summed E-state index contributed by atoms with van der Waals surface area (Å²) in [7, 11) is 0. The van der Waals surface area contributed by atoms with Crippen LogP contribution >= 0.6 is 0 Å². The molecule has 0 bridgehead atoms. The molecule has 2 heterocycles. The maximum Gasteiger partial charge on any atom is 0.158 e. The van der Waals surface area contributed by atoms with Crippen molar-refractivity contribution in [3.05, 3.63) is 48.2 Å². The van der Waals surface area contributed by atoms with Crippen molar-refractivity contribution < 1.29 is 0 Å². The van der Waals surface area contributed by atoms with Gasteiger partial charge in [0.1, 0.15) is 5.82 Å². The van der Waals surface area contributed by atoms with Crippen LogP contribution in [0.2, 0.25) is 0 Å². The van der Waals surface area contributed by atoms with Gasteiger partial charge in [-0.05, 0) is 6.92 Å². The molecule has 1 aromatic carbocycles. The van der Waals surface area contributed by atoms with Gasteiger partial charge in [0.2, 0.25) is 0 Å². The molecule has 17 heavy (non-hydrogen) atoms. The number of aryl methyl sites for hydroxylation is 1. The Balaban J connectivity index is 2.25. The lowest BCUT2D eigenvalue weighted by atomic mass is 10.1. The summed E-state index contributed by atoms with van der Waals surface area (Å²) in [6, 6.07) is 13.7. The standard InChI is InChI=1S/C13H12N4/c1-9-7-13-15-11(8-12(14)17(13)16-9)10-5-3-2-4-6-10/h2-8H,14H2,1H3. The number of benzene rings is 1. The van der Waals surface area contributed by atoms with Gasteiger partial charge in [0, 0.05) is 17.7 Å². The molecule has 2 aromatic heterocycles. The Morgan fingerprint density at radius 1 is 1.12 bits per heavy atom. The summed E-state index contributed by atoms with van der Waals surface area (Å²) >= 11 is 0. The minimum atomic E-state index is 0.599. The lowest BCUT2D eigenvalue weighted by Crippen LogP contribution is -2.01. The summed E-state index contributed by atoms with van der Waals surface area (Å²) in [5.41, 5.74) is 9.59. The van der Waals surface area contributed by atoms with Gasteiger partial charge >= 0.3 is 0 Å². The lowest BCUT2D eigenvalue weighted by Gasteiger charge is -2.04. The maximum absolute atomic E-state index is 5.97. The third kappa shape index (κ3) is 1.63. The van der Waals surface area contributed by atoms with E-state index in [0.29, 0.717) is 5.82 Å². The van der Waals surface area contributed by atoms with Gasteiger partial charge in [-0.2, -0.15) is 9.61 Å². The number of nitrogens with two attached hydrogens (primary N) is 1. The van der Waals surface area contributed by atoms with Crippen LogP contribution in [0.5, 0.6) is 0 Å². The first-order valence-corrected chi connectivity index (χ1v) is 5.42. The number of aromatic nitrogens is 3. The van der Waals surface area contributed by atoms with Gasteiger partial charge < -0.3 is 5.73 Å². The summed E-state index contributed by atoms with van der Waals surface area (Å²) in [5, 5.41) is 4.28. The minimum absolute atomic E-state index is 0.599. The van der Waals surface area contributed by atoms with Crippen LogP contribution in [0, 0.1) is 6.92 Å². The molecule has 0 aliphatic heterocycles. The fourth-order valence-electron chi connectivity index (χ4n) is 1.87. The van der Waals surface area contributed by atoms with E-state index >= 15 is 0 Å². The zero-order chi connectivity index (χ0) is 11.8. The second-order valence-corrected chi connectivity index (χ2v) is 3.99. The largest absolute Gasteiger partial charge is 0.384 e. The van der Waals surface area contributed by atoms with Gasteiger partial charge in [0.05, 0.1) is 11.4 Å². The highest BCUT2D eigenvalue weighted by Crippen LogP contribution is 2.20. The Morgan fingerprint density at radius 3 is 2.65 bits per heavy atom. The van der Waals surface area contributed by atoms with Gasteiger partial charge in [0.25, 0.3) is 0 Å². The molecule has 84 valence electrons. The van der Waals surface area contributed by atoms with Gasteiger partial charge in [-0.1, -0.05) is 30.3 Å². The van der Waals surface area contributed by atoms with Crippen molar-refractivity contribution in [1.29, 1.82) is 0 Å². The zero-order valence-electron chi connectivity index (χ0n) is 9.46. The SMILES string of the molecule is Cc1cc2nc(-c3ccccc3)cc(N)n2n1. The normalized spacial score (nSPS) is 10.9. The van der Waals surface area contributed by atoms with Crippen LogP contribution in [0.15, 0.2) is 42.5 Å². The fraction of sp³-hybridized carbons (Fsp3) is 0.0769. The van der Waals surface area contributed by atoms with Crippen LogP contribution in [-0.4, -0.2) is 14.6 Å². The number of hydrogen-bond donors (Lipinski definition) is 1. The summed E-state index contributed by atoms with van der Waals surface area (Å²) in [4.78, 5) is 4.55. The van der Waals surface area contributed by atoms with E-state index in [1.807, 2.05) is 49.4 Å². The first kappa shape index (κ1) is 9.84. The van der Waals surface area contributed by atoms with Crippen molar-refractivity contribution in [2.75, 3.05) is 5.73 Å². The molecule has 0 fully saturated rings. The van der Waals surface area contributed by atoms with E-state index in [1.54, 1.807) is 4.52 Å². The van der Waals surface area contributed by atoms with E-state index in [2.05, 4.69) is 10.1 Å². The molecule has 3 rings (SSSR count). The van der Waals surface area contributed by atoms with Crippen molar-refractivity contribution in [1.82, 2.24) is 14.6 Å². The van der Waals surface area contributed by atoms with Crippen LogP contribution in [0.25, 0.3) is 16.9 Å². The molecule has 4 heteroatoms. The monoisotopic (exact) mass is 224 g/mol. The van der Waals surface area contributed by atoms with Crippen LogP contribution in [0.4, 0.5) is 5.82 Å². The van der Waals surface area contributed by atoms with Crippen molar-refractivity contribution in [2.24, 2.45) is 0 Å². The van der Waals surface area contributed by atoms with Crippen LogP contribution in [0.3, 0.4) is 0 Å². The summed E-state index contributed by atoms with van der Waals surface area (Å²) in [6.07, 6.45) is 0. The average molecular weight is 224 g/mol. The predicted octanol–water partition coefficient (Wildman–Crippen LogP) is 2.29. The number of rotatable bonds is 1. The lowest BCUT2D eigenvalue weighted by molar-refractivity contribution is 0.930. The van der Waals surface area contributed by atoms with Crippen molar-refractivity contribution in [3.8, 4) is 11.3 Å². The van der Waals surface area contributed by atoms with Gasteiger partial charge in [0.15, 0.2) is 5.65 Å². The highest BCUT2D eigenvalue weighted by atomic mass is 15.3. The Hall–Kier alpha value is -2.36. The second-order valence-electron chi connectivity index (χ2n) is 3.99. The average Bonchev–Trinajstić information content (AvgIpc) is 2.71. The highest BCUT2D eigenvalue weighted by molar-refractivity contribution is 5.65. The molecule has 0 atom stereocenters. The Morgan fingerprint density at radius 2 is 1.88 bits per heavy atom. The van der Waals surface area contributed by atoms with E-state index in [0.717, 1.165) is 22.6 Å². The highest BCUT2D eigenvalue weighted by Gasteiger charge is 2.06. The van der Waals surface area contributed by atoms with E-state index in [9.17, 15) is 0 Å². The molecule has 4 nitrogen and oxygen atoms in total. The molecule has 0 aliphatic rings. The van der Waals surface area contributed by atoms with Crippen LogP contribution in [0.1, 0.15) is 5.69 Å². The smallest absolute Gasteiger partial charge is 0.158 e. The number of hydrogen-bond acceptors (Lipinski definition) is 3. The molecular weight excluding hydrogens is 212 g/mol. The number of nitrogens with zero attached hydrogens (tertiary/aromatic N) is 3. The fourth-order valence-corrected chi connectivity index (χ4v) is 1.87. The van der Waals surface area contributed by atoms with Crippen LogP contribution < -0.4 is 5.73 Å². The first-order chi connectivity index (χ1) is 8.24. The van der Waals surface area contributed by atoms with E-state index in [1.165, 1.54) is 0 Å². The molecular formula is C13H12N4. The Bertz CT molecular complexity index is 670. The minimum Gasteiger partial charge on any atom is -0.384 e. The molecule has 0 saturated heterocycles. The second kappa shape index (κ2) is 3.59. The maximum atomic E-state index is 5.97. The molecule has 0 spiro atoms. The summed E-state index contributed by atoms with van der Waals surface area (Å²) in [6.45, 7) is 1.93. The topological polar surface area (TPSA) is 56.2 Å². The molecule has 2 N–H and O–H groups in total. The Kier molecular flexibility index (Phi) is 2.08. The third-order valence-corrected chi connectivity index (χ3v) is 2.65. The Labute approximate surface area is 98.7 Å². The number of fused-ring (bicyclic) bond motifs is 1. The third-order valence-electron chi connectivity index (χ3n) is 2.65. The zero-order valence-corrected chi connectivity index (χ0v) is 9.46. The van der Waals surface area contributed by atoms with Crippen molar-refractivity contribution in [2.45, 2.75) is 6.92 Å². The number of anilines is 1. The predicted molar refractivity (Wildman–Crippen MR) is 67.6 cm³/mol. The van der Waals surface area contributed by atoms with Crippen molar-refractivity contribution >= 4 is 11.5 Å². The van der Waals surface area contributed by atoms with E-state index in [-0.39, 0.29) is 0 Å². The van der Waals surface area contributed by atoms with Gasteiger partial charge in [-0.15, -0.1) is 0 Å². The summed E-state index contributed by atoms with van der Waals surface area (Å²) in [5.74, 6) is 0.599. The van der Waals surface area contributed by atoms with Crippen molar-refractivity contribution in [3.63, 3.8) is 0 Å². The number of nitrogen functional groups attached to an aromatic ring is 1. The molecule has 0 radical (unpaired) electrons.